The summed E-state index contributed by atoms with van der Waals surface area (Å²) in [5.41, 5.74) is -0.282. The van der Waals surface area contributed by atoms with Crippen molar-refractivity contribution in [3.63, 3.8) is 0 Å². The lowest BCUT2D eigenvalue weighted by molar-refractivity contribution is -0.270. The second-order valence-electron chi connectivity index (χ2n) is 3.24. The van der Waals surface area contributed by atoms with Crippen LogP contribution in [0.4, 0.5) is 0 Å². The summed E-state index contributed by atoms with van der Waals surface area (Å²) < 4.78 is 0. The Morgan fingerprint density at radius 1 is 1.33 bits per heavy atom. The highest BCUT2D eigenvalue weighted by Crippen LogP contribution is 2.35. The number of aliphatic hydroxyl groups excluding tert-OH is 1. The first kappa shape index (κ1) is 11.3. The molecule has 1 aromatic rings. The lowest BCUT2D eigenvalue weighted by Gasteiger charge is -2.21. The van der Waals surface area contributed by atoms with E-state index >= 15 is 0 Å². The summed E-state index contributed by atoms with van der Waals surface area (Å²) in [4.78, 5) is 10.8. The molecule has 0 spiro atoms. The van der Waals surface area contributed by atoms with Gasteiger partial charge in [0.15, 0.2) is 0 Å². The van der Waals surface area contributed by atoms with Crippen LogP contribution < -0.4 is 5.11 Å². The summed E-state index contributed by atoms with van der Waals surface area (Å²) in [7, 11) is 0. The molecule has 0 heterocycles. The van der Waals surface area contributed by atoms with Gasteiger partial charge in [-0.05, 0) is 25.0 Å². The Morgan fingerprint density at radius 2 is 1.87 bits per heavy atom. The van der Waals surface area contributed by atoms with Crippen molar-refractivity contribution in [1.29, 1.82) is 0 Å². The number of phenols is 1. The predicted molar refractivity (Wildman–Crippen MR) is 49.9 cm³/mol. The van der Waals surface area contributed by atoms with Crippen molar-refractivity contribution >= 4 is 5.97 Å². The normalized spacial score (nSPS) is 10.3. The highest BCUT2D eigenvalue weighted by atomic mass is 16.4. The first-order valence-corrected chi connectivity index (χ1v) is 4.28. The molecule has 1 aromatic carbocycles. The molecule has 82 valence electrons. The summed E-state index contributed by atoms with van der Waals surface area (Å²) in [6.45, 7) is 2.18. The Kier molecular flexibility index (Phi) is 2.85. The zero-order valence-electron chi connectivity index (χ0n) is 8.37. The van der Waals surface area contributed by atoms with Gasteiger partial charge in [0.1, 0.15) is 11.3 Å². The number of carboxylic acid groups (broad SMARTS) is 1. The molecule has 0 aliphatic carbocycles. The zero-order chi connectivity index (χ0) is 11.7. The largest absolute Gasteiger partial charge is 0.872 e. The van der Waals surface area contributed by atoms with Crippen molar-refractivity contribution in [2.45, 2.75) is 20.5 Å². The van der Waals surface area contributed by atoms with Gasteiger partial charge in [-0.3, -0.25) is 0 Å². The first-order valence-electron chi connectivity index (χ1n) is 4.28. The summed E-state index contributed by atoms with van der Waals surface area (Å²) >= 11 is 0. The third kappa shape index (κ3) is 1.61. The molecule has 1 rings (SSSR count). The molecule has 0 fully saturated rings. The van der Waals surface area contributed by atoms with E-state index < -0.39 is 29.6 Å². The maximum atomic E-state index is 11.5. The Labute approximate surface area is 86.2 Å². The Morgan fingerprint density at radius 3 is 2.27 bits per heavy atom. The highest BCUT2D eigenvalue weighted by molar-refractivity contribution is 5.94. The summed E-state index contributed by atoms with van der Waals surface area (Å²) in [6.07, 6.45) is 0. The third-order valence-corrected chi connectivity index (χ3v) is 2.40. The second-order valence-corrected chi connectivity index (χ2v) is 3.24. The summed E-state index contributed by atoms with van der Waals surface area (Å²) in [5, 5.41) is 38.8. The maximum Gasteiger partial charge on any atom is 0.339 e. The molecule has 0 aliphatic rings. The number of aliphatic hydroxyl groups is 1. The van der Waals surface area contributed by atoms with Crippen LogP contribution in [0.5, 0.6) is 11.5 Å². The number of aromatic carboxylic acids is 1. The average Bonchev–Trinajstić information content (AvgIpc) is 2.19. The maximum absolute atomic E-state index is 11.5. The van der Waals surface area contributed by atoms with E-state index in [9.17, 15) is 15.0 Å². The van der Waals surface area contributed by atoms with Crippen LogP contribution in [0.15, 0.2) is 0 Å². The SMILES string of the molecule is Cc1c([O-])c(C)c(CO)c(C(=O)O)c1O. The summed E-state index contributed by atoms with van der Waals surface area (Å²) in [6, 6.07) is 0. The fourth-order valence-corrected chi connectivity index (χ4v) is 1.47. The van der Waals surface area contributed by atoms with Gasteiger partial charge in [-0.25, -0.2) is 4.79 Å². The van der Waals surface area contributed by atoms with E-state index in [0.717, 1.165) is 0 Å². The number of benzene rings is 1. The predicted octanol–water partition coefficient (Wildman–Crippen LogP) is 0.273. The van der Waals surface area contributed by atoms with Crippen LogP contribution >= 0.6 is 0 Å². The van der Waals surface area contributed by atoms with E-state index in [2.05, 4.69) is 0 Å². The second kappa shape index (κ2) is 3.78. The Hall–Kier alpha value is -1.75. The number of rotatable bonds is 2. The zero-order valence-corrected chi connectivity index (χ0v) is 8.37. The number of carboxylic acids is 1. The molecule has 0 aromatic heterocycles. The minimum atomic E-state index is -1.36. The molecule has 3 N–H and O–H groups in total. The summed E-state index contributed by atoms with van der Waals surface area (Å²) in [5.74, 6) is -2.37. The van der Waals surface area contributed by atoms with Crippen LogP contribution in [0.2, 0.25) is 0 Å². The molecule has 0 atom stereocenters. The van der Waals surface area contributed by atoms with Crippen LogP contribution in [-0.4, -0.2) is 21.3 Å². The number of hydrogen-bond acceptors (Lipinski definition) is 4. The molecule has 0 saturated heterocycles. The fourth-order valence-electron chi connectivity index (χ4n) is 1.47. The average molecular weight is 211 g/mol. The first-order chi connectivity index (χ1) is 6.91. The van der Waals surface area contributed by atoms with Gasteiger partial charge >= 0.3 is 5.97 Å². The molecule has 0 unspecified atom stereocenters. The fraction of sp³-hybridized carbons (Fsp3) is 0.300. The lowest BCUT2D eigenvalue weighted by atomic mass is 9.96. The van der Waals surface area contributed by atoms with Gasteiger partial charge in [0.25, 0.3) is 0 Å². The van der Waals surface area contributed by atoms with Crippen molar-refractivity contribution in [3.8, 4) is 11.5 Å². The molecule has 15 heavy (non-hydrogen) atoms. The van der Waals surface area contributed by atoms with Gasteiger partial charge < -0.3 is 20.4 Å². The Balaban J connectivity index is 3.70. The van der Waals surface area contributed by atoms with Gasteiger partial charge in [-0.1, -0.05) is 11.3 Å². The van der Waals surface area contributed by atoms with Crippen molar-refractivity contribution in [2.24, 2.45) is 0 Å². The topological polar surface area (TPSA) is 101 Å². The van der Waals surface area contributed by atoms with Crippen LogP contribution in [0.3, 0.4) is 0 Å². The van der Waals surface area contributed by atoms with Crippen LogP contribution in [0.1, 0.15) is 27.0 Å². The molecule has 0 radical (unpaired) electrons. The van der Waals surface area contributed by atoms with Gasteiger partial charge in [0.2, 0.25) is 0 Å². The van der Waals surface area contributed by atoms with Crippen molar-refractivity contribution < 1.29 is 25.2 Å². The number of hydrogen-bond donors (Lipinski definition) is 3. The van der Waals surface area contributed by atoms with E-state index in [4.69, 9.17) is 10.2 Å². The minimum Gasteiger partial charge on any atom is -0.872 e. The lowest BCUT2D eigenvalue weighted by Crippen LogP contribution is -2.10. The molecular weight excluding hydrogens is 200 g/mol. The van der Waals surface area contributed by atoms with Crippen molar-refractivity contribution in [3.05, 3.63) is 22.3 Å². The van der Waals surface area contributed by atoms with Gasteiger partial charge in [-0.15, -0.1) is 0 Å². The highest BCUT2D eigenvalue weighted by Gasteiger charge is 2.19. The van der Waals surface area contributed by atoms with Crippen molar-refractivity contribution in [1.82, 2.24) is 0 Å². The van der Waals surface area contributed by atoms with Gasteiger partial charge in [0.05, 0.1) is 6.61 Å². The van der Waals surface area contributed by atoms with Gasteiger partial charge in [0, 0.05) is 0 Å². The van der Waals surface area contributed by atoms with E-state index in [1.807, 2.05) is 0 Å². The number of aromatic hydroxyl groups is 1. The van der Waals surface area contributed by atoms with E-state index in [1.54, 1.807) is 0 Å². The van der Waals surface area contributed by atoms with E-state index in [0.29, 0.717) is 0 Å². The quantitative estimate of drug-likeness (QED) is 0.652. The van der Waals surface area contributed by atoms with E-state index in [-0.39, 0.29) is 16.7 Å². The molecule has 0 amide bonds. The van der Waals surface area contributed by atoms with Crippen LogP contribution in [-0.2, 0) is 6.61 Å². The van der Waals surface area contributed by atoms with Gasteiger partial charge in [-0.2, -0.15) is 0 Å². The third-order valence-electron chi connectivity index (χ3n) is 2.40. The molecule has 5 nitrogen and oxygen atoms in total. The number of carbonyl (C=O) groups is 1. The molecule has 0 bridgehead atoms. The molecule has 5 heteroatoms. The van der Waals surface area contributed by atoms with Crippen LogP contribution in [0.25, 0.3) is 0 Å². The standard InChI is InChI=1S/C10H12O5/c1-4-6(3-11)7(10(14)15)9(13)5(2)8(4)12/h11-13H,3H2,1-2H3,(H,14,15)/p-1. The minimum absolute atomic E-state index is 0.0119. The van der Waals surface area contributed by atoms with E-state index in [1.165, 1.54) is 13.8 Å². The van der Waals surface area contributed by atoms with Crippen LogP contribution in [0, 0.1) is 13.8 Å². The van der Waals surface area contributed by atoms with Crippen molar-refractivity contribution in [2.75, 3.05) is 0 Å². The monoisotopic (exact) mass is 211 g/mol. The molecule has 0 aliphatic heterocycles. The Bertz CT molecular complexity index is 423. The molecular formula is C10H11O5-. The molecule has 0 saturated carbocycles. The smallest absolute Gasteiger partial charge is 0.339 e.